The summed E-state index contributed by atoms with van der Waals surface area (Å²) in [5, 5.41) is 4.23. The molecule has 0 atom stereocenters. The summed E-state index contributed by atoms with van der Waals surface area (Å²) in [5.74, 6) is -1.13. The van der Waals surface area contributed by atoms with E-state index in [1.54, 1.807) is 42.5 Å². The molecule has 3 aromatic carbocycles. The highest BCUT2D eigenvalue weighted by atomic mass is 79.9. The van der Waals surface area contributed by atoms with E-state index in [0.29, 0.717) is 37.9 Å². The highest BCUT2D eigenvalue weighted by Gasteiger charge is 2.17. The molecule has 32 heavy (non-hydrogen) atoms. The molecule has 0 bridgehead atoms. The molecule has 0 radical (unpaired) electrons. The number of benzene rings is 3. The Kier molecular flexibility index (Phi) is 6.74. The number of rotatable bonds is 5. The molecule has 1 aromatic heterocycles. The first kappa shape index (κ1) is 22.3. The van der Waals surface area contributed by atoms with Gasteiger partial charge in [0.05, 0.1) is 27.5 Å². The lowest BCUT2D eigenvalue weighted by Crippen LogP contribution is -2.21. The first-order valence-electron chi connectivity index (χ1n) is 9.48. The van der Waals surface area contributed by atoms with Crippen LogP contribution in [0.4, 0.5) is 5.69 Å². The Morgan fingerprint density at radius 3 is 2.47 bits per heavy atom. The van der Waals surface area contributed by atoms with Gasteiger partial charge in [0.25, 0.3) is 5.91 Å². The van der Waals surface area contributed by atoms with Gasteiger partial charge in [-0.15, -0.1) is 0 Å². The van der Waals surface area contributed by atoms with Crippen molar-refractivity contribution in [2.24, 2.45) is 0 Å². The van der Waals surface area contributed by atoms with Crippen molar-refractivity contribution in [2.75, 3.05) is 11.9 Å². The SMILES string of the molecule is O=C(COC(=O)c1cc(-c2ccc(Cl)cc2)nc2ccccc12)Nc1ccc(Br)cc1Cl. The monoisotopic (exact) mass is 528 g/mol. The van der Waals surface area contributed by atoms with Gasteiger partial charge in [0.1, 0.15) is 0 Å². The minimum absolute atomic E-state index is 0.315. The van der Waals surface area contributed by atoms with E-state index in [1.165, 1.54) is 0 Å². The van der Waals surface area contributed by atoms with Gasteiger partial charge in [-0.2, -0.15) is 0 Å². The maximum atomic E-state index is 12.9. The number of nitrogens with zero attached hydrogens (tertiary/aromatic N) is 1. The fourth-order valence-electron chi connectivity index (χ4n) is 3.10. The fraction of sp³-hybridized carbons (Fsp3) is 0.0417. The lowest BCUT2D eigenvalue weighted by atomic mass is 10.0. The Labute approximate surface area is 202 Å². The van der Waals surface area contributed by atoms with Crippen LogP contribution in [0.25, 0.3) is 22.2 Å². The number of nitrogens with one attached hydrogen (secondary N) is 1. The summed E-state index contributed by atoms with van der Waals surface area (Å²) in [6, 6.07) is 21.1. The average Bonchev–Trinajstić information content (AvgIpc) is 2.79. The number of hydrogen-bond donors (Lipinski definition) is 1. The normalized spacial score (nSPS) is 10.7. The van der Waals surface area contributed by atoms with Crippen LogP contribution < -0.4 is 5.32 Å². The number of ether oxygens (including phenoxy) is 1. The summed E-state index contributed by atoms with van der Waals surface area (Å²) in [6.45, 7) is -0.460. The Balaban J connectivity index is 1.56. The number of esters is 1. The van der Waals surface area contributed by atoms with Gasteiger partial charge >= 0.3 is 5.97 Å². The molecule has 1 N–H and O–H groups in total. The third kappa shape index (κ3) is 5.10. The van der Waals surface area contributed by atoms with E-state index in [4.69, 9.17) is 27.9 Å². The molecule has 0 saturated carbocycles. The van der Waals surface area contributed by atoms with Crippen LogP contribution in [0.5, 0.6) is 0 Å². The summed E-state index contributed by atoms with van der Waals surface area (Å²) >= 11 is 15.4. The first-order valence-corrected chi connectivity index (χ1v) is 11.0. The van der Waals surface area contributed by atoms with Gasteiger partial charge in [-0.25, -0.2) is 9.78 Å². The van der Waals surface area contributed by atoms with Crippen LogP contribution in [-0.2, 0) is 9.53 Å². The Morgan fingerprint density at radius 2 is 1.72 bits per heavy atom. The standard InChI is InChI=1S/C24H15BrCl2N2O3/c25-15-7-10-21(19(27)11-15)29-23(30)13-32-24(31)18-12-22(14-5-8-16(26)9-6-14)28-20-4-2-1-3-17(18)20/h1-12H,13H2,(H,29,30). The van der Waals surface area contributed by atoms with Gasteiger partial charge in [0.15, 0.2) is 6.61 Å². The lowest BCUT2D eigenvalue weighted by molar-refractivity contribution is -0.119. The number of pyridine rings is 1. The van der Waals surface area contributed by atoms with Crippen molar-refractivity contribution in [1.82, 2.24) is 4.98 Å². The number of halogens is 3. The van der Waals surface area contributed by atoms with E-state index in [1.807, 2.05) is 30.3 Å². The number of amides is 1. The molecule has 0 unspecified atom stereocenters. The van der Waals surface area contributed by atoms with Crippen LogP contribution in [-0.4, -0.2) is 23.5 Å². The molecule has 0 spiro atoms. The Bertz CT molecular complexity index is 1330. The van der Waals surface area contributed by atoms with E-state index in [2.05, 4.69) is 26.2 Å². The summed E-state index contributed by atoms with van der Waals surface area (Å²) in [7, 11) is 0. The number of carbonyl (C=O) groups excluding carboxylic acids is 2. The molecule has 4 rings (SSSR count). The number of carbonyl (C=O) groups is 2. The van der Waals surface area contributed by atoms with Gasteiger partial charge in [0.2, 0.25) is 0 Å². The molecular formula is C24H15BrCl2N2O3. The maximum Gasteiger partial charge on any atom is 0.339 e. The van der Waals surface area contributed by atoms with Crippen LogP contribution in [0.2, 0.25) is 10.0 Å². The van der Waals surface area contributed by atoms with Crippen LogP contribution in [0.1, 0.15) is 10.4 Å². The van der Waals surface area contributed by atoms with E-state index >= 15 is 0 Å². The smallest absolute Gasteiger partial charge is 0.339 e. The second kappa shape index (κ2) is 9.69. The van der Waals surface area contributed by atoms with Gasteiger partial charge in [-0.3, -0.25) is 4.79 Å². The van der Waals surface area contributed by atoms with Gasteiger partial charge in [-0.1, -0.05) is 69.5 Å². The predicted molar refractivity (Wildman–Crippen MR) is 130 cm³/mol. The predicted octanol–water partition coefficient (Wildman–Crippen LogP) is 6.77. The molecule has 1 heterocycles. The molecule has 1 amide bonds. The third-order valence-electron chi connectivity index (χ3n) is 4.62. The van der Waals surface area contributed by atoms with Crippen molar-refractivity contribution in [3.05, 3.63) is 92.9 Å². The van der Waals surface area contributed by atoms with Gasteiger partial charge in [-0.05, 0) is 42.5 Å². The van der Waals surface area contributed by atoms with Crippen LogP contribution in [0.3, 0.4) is 0 Å². The third-order valence-corrected chi connectivity index (χ3v) is 5.67. The van der Waals surface area contributed by atoms with Crippen LogP contribution in [0.15, 0.2) is 77.3 Å². The van der Waals surface area contributed by atoms with Gasteiger partial charge < -0.3 is 10.1 Å². The number of hydrogen-bond acceptors (Lipinski definition) is 4. The topological polar surface area (TPSA) is 68.3 Å². The van der Waals surface area contributed by atoms with Crippen molar-refractivity contribution >= 4 is 67.6 Å². The number of fused-ring (bicyclic) bond motifs is 1. The highest BCUT2D eigenvalue weighted by molar-refractivity contribution is 9.10. The van der Waals surface area contributed by atoms with Crippen LogP contribution in [0, 0.1) is 0 Å². The minimum Gasteiger partial charge on any atom is -0.452 e. The summed E-state index contributed by atoms with van der Waals surface area (Å²) < 4.78 is 6.08. The molecule has 0 fully saturated rings. The Hall–Kier alpha value is -2.93. The fourth-order valence-corrected chi connectivity index (χ4v) is 3.95. The largest absolute Gasteiger partial charge is 0.452 e. The molecule has 5 nitrogen and oxygen atoms in total. The molecule has 8 heteroatoms. The van der Waals surface area contributed by atoms with Crippen molar-refractivity contribution in [1.29, 1.82) is 0 Å². The second-order valence-corrected chi connectivity index (χ2v) is 8.59. The van der Waals surface area contributed by atoms with Crippen molar-refractivity contribution in [2.45, 2.75) is 0 Å². The zero-order chi connectivity index (χ0) is 22.7. The minimum atomic E-state index is -0.629. The lowest BCUT2D eigenvalue weighted by Gasteiger charge is -2.11. The summed E-state index contributed by atoms with van der Waals surface area (Å²) in [4.78, 5) is 29.8. The van der Waals surface area contributed by atoms with Crippen molar-refractivity contribution < 1.29 is 14.3 Å². The maximum absolute atomic E-state index is 12.9. The van der Waals surface area contributed by atoms with E-state index < -0.39 is 18.5 Å². The van der Waals surface area contributed by atoms with E-state index in [0.717, 1.165) is 10.0 Å². The highest BCUT2D eigenvalue weighted by Crippen LogP contribution is 2.27. The van der Waals surface area contributed by atoms with Crippen molar-refractivity contribution in [3.8, 4) is 11.3 Å². The average molecular weight is 530 g/mol. The van der Waals surface area contributed by atoms with E-state index in [-0.39, 0.29) is 0 Å². The van der Waals surface area contributed by atoms with Crippen LogP contribution >= 0.6 is 39.1 Å². The zero-order valence-corrected chi connectivity index (χ0v) is 19.5. The quantitative estimate of drug-likeness (QED) is 0.290. The molecule has 0 aliphatic heterocycles. The molecule has 0 aliphatic rings. The molecular weight excluding hydrogens is 515 g/mol. The van der Waals surface area contributed by atoms with Gasteiger partial charge in [0, 0.05) is 20.4 Å². The summed E-state index contributed by atoms with van der Waals surface area (Å²) in [6.07, 6.45) is 0. The first-order chi connectivity index (χ1) is 15.4. The van der Waals surface area contributed by atoms with E-state index in [9.17, 15) is 9.59 Å². The number of anilines is 1. The van der Waals surface area contributed by atoms with Crippen molar-refractivity contribution in [3.63, 3.8) is 0 Å². The molecule has 0 saturated heterocycles. The second-order valence-electron chi connectivity index (χ2n) is 6.83. The number of para-hydroxylation sites is 1. The molecule has 160 valence electrons. The zero-order valence-electron chi connectivity index (χ0n) is 16.4. The molecule has 0 aliphatic carbocycles. The number of aromatic nitrogens is 1. The molecule has 4 aromatic rings. The summed E-state index contributed by atoms with van der Waals surface area (Å²) in [5.41, 5.74) is 2.78. The Morgan fingerprint density at radius 1 is 0.969 bits per heavy atom.